The van der Waals surface area contributed by atoms with Crippen molar-refractivity contribution < 1.29 is 0 Å². The Morgan fingerprint density at radius 1 is 1.69 bits per heavy atom. The molecule has 5 heteroatoms. The zero-order valence-corrected chi connectivity index (χ0v) is 8.74. The van der Waals surface area contributed by atoms with Crippen molar-refractivity contribution in [2.24, 2.45) is 0 Å². The van der Waals surface area contributed by atoms with Gasteiger partial charge in [0.1, 0.15) is 5.82 Å². The van der Waals surface area contributed by atoms with E-state index in [4.69, 9.17) is 0 Å². The maximum atomic E-state index is 4.18. The Morgan fingerprint density at radius 3 is 3.00 bits per heavy atom. The Labute approximate surface area is 82.2 Å². The molecule has 0 atom stereocenters. The van der Waals surface area contributed by atoms with Crippen molar-refractivity contribution in [2.45, 2.75) is 12.1 Å². The molecule has 0 bridgehead atoms. The third-order valence-electron chi connectivity index (χ3n) is 1.41. The molecule has 2 N–H and O–H groups in total. The van der Waals surface area contributed by atoms with Crippen LogP contribution >= 0.6 is 11.8 Å². The summed E-state index contributed by atoms with van der Waals surface area (Å²) in [5.41, 5.74) is 1.15. The van der Waals surface area contributed by atoms with Gasteiger partial charge in [-0.2, -0.15) is 0 Å². The van der Waals surface area contributed by atoms with Crippen molar-refractivity contribution in [2.75, 3.05) is 19.3 Å². The van der Waals surface area contributed by atoms with Gasteiger partial charge in [0, 0.05) is 12.3 Å². The highest BCUT2D eigenvalue weighted by Crippen LogP contribution is 2.14. The van der Waals surface area contributed by atoms with Gasteiger partial charge in [0.15, 0.2) is 0 Å². The molecule has 4 nitrogen and oxygen atoms in total. The number of H-pyrrole nitrogens is 1. The second-order valence-corrected chi connectivity index (χ2v) is 3.71. The molecule has 0 radical (unpaired) electrons. The minimum absolute atomic E-state index is 0.787. The molecule has 1 rings (SSSR count). The molecule has 13 heavy (non-hydrogen) atoms. The first-order chi connectivity index (χ1) is 6.22. The van der Waals surface area contributed by atoms with Gasteiger partial charge in [-0.25, -0.2) is 4.98 Å². The molecule has 0 spiro atoms. The lowest BCUT2D eigenvalue weighted by Crippen LogP contribution is -2.10. The van der Waals surface area contributed by atoms with Crippen LogP contribution in [0.5, 0.6) is 0 Å². The average Bonchev–Trinajstić information content (AvgIpc) is 2.49. The highest BCUT2D eigenvalue weighted by molar-refractivity contribution is 7.99. The number of hydrogen-bond acceptors (Lipinski definition) is 4. The van der Waals surface area contributed by atoms with Crippen LogP contribution in [-0.4, -0.2) is 34.5 Å². The number of nitrogens with one attached hydrogen (secondary N) is 2. The van der Waals surface area contributed by atoms with Gasteiger partial charge in [-0.1, -0.05) is 23.9 Å². The molecule has 0 unspecified atom stereocenters. The van der Waals surface area contributed by atoms with Crippen molar-refractivity contribution in [3.05, 3.63) is 18.0 Å². The summed E-state index contributed by atoms with van der Waals surface area (Å²) >= 11 is 1.60. The molecule has 0 aliphatic rings. The maximum absolute atomic E-state index is 4.18. The van der Waals surface area contributed by atoms with Crippen LogP contribution in [0.4, 0.5) is 0 Å². The number of rotatable bonds is 5. The van der Waals surface area contributed by atoms with Crippen LogP contribution in [0.1, 0.15) is 5.82 Å². The van der Waals surface area contributed by atoms with Gasteiger partial charge in [-0.05, 0) is 14.0 Å². The molecular formula is C8H14N4S. The van der Waals surface area contributed by atoms with Crippen LogP contribution in [0, 0.1) is 6.92 Å². The summed E-state index contributed by atoms with van der Waals surface area (Å²) in [5, 5.41) is 10.6. The number of thioether (sulfide) groups is 1. The Balaban J connectivity index is 2.30. The molecule has 0 saturated heterocycles. The SMILES string of the molecule is C=C(CNC)CSc1n[nH]c(C)n1. The summed E-state index contributed by atoms with van der Waals surface area (Å²) in [6.45, 7) is 6.65. The van der Waals surface area contributed by atoms with Gasteiger partial charge in [0.05, 0.1) is 0 Å². The molecule has 0 aliphatic carbocycles. The Bertz CT molecular complexity index is 281. The lowest BCUT2D eigenvalue weighted by atomic mass is 10.3. The minimum Gasteiger partial charge on any atom is -0.316 e. The number of hydrogen-bond donors (Lipinski definition) is 2. The van der Waals surface area contributed by atoms with Crippen molar-refractivity contribution in [1.29, 1.82) is 0 Å². The molecular weight excluding hydrogens is 184 g/mol. The van der Waals surface area contributed by atoms with Crippen molar-refractivity contribution in [1.82, 2.24) is 20.5 Å². The highest BCUT2D eigenvalue weighted by Gasteiger charge is 2.01. The van der Waals surface area contributed by atoms with Gasteiger partial charge in [-0.15, -0.1) is 5.10 Å². The van der Waals surface area contributed by atoms with E-state index < -0.39 is 0 Å². The molecule has 0 amide bonds. The summed E-state index contributed by atoms with van der Waals surface area (Å²) in [6, 6.07) is 0. The molecule has 0 aromatic carbocycles. The van der Waals surface area contributed by atoms with E-state index in [0.717, 1.165) is 28.9 Å². The van der Waals surface area contributed by atoms with Crippen LogP contribution in [0.15, 0.2) is 17.3 Å². The van der Waals surface area contributed by atoms with E-state index in [-0.39, 0.29) is 0 Å². The van der Waals surface area contributed by atoms with Gasteiger partial charge in [-0.3, -0.25) is 5.10 Å². The molecule has 1 aromatic heterocycles. The normalized spacial score (nSPS) is 10.3. The smallest absolute Gasteiger partial charge is 0.208 e. The van der Waals surface area contributed by atoms with Gasteiger partial charge in [0.25, 0.3) is 0 Å². The van der Waals surface area contributed by atoms with Gasteiger partial charge >= 0.3 is 0 Å². The molecule has 72 valence electrons. The monoisotopic (exact) mass is 198 g/mol. The lowest BCUT2D eigenvalue weighted by molar-refractivity contribution is 0.884. The molecule has 0 aliphatic heterocycles. The zero-order chi connectivity index (χ0) is 9.68. The number of aryl methyl sites for hydroxylation is 1. The Hall–Kier alpha value is -0.810. The quantitative estimate of drug-likeness (QED) is 0.547. The summed E-state index contributed by atoms with van der Waals surface area (Å²) < 4.78 is 0. The summed E-state index contributed by atoms with van der Waals surface area (Å²) in [6.07, 6.45) is 0. The Kier molecular flexibility index (Phi) is 3.98. The van der Waals surface area contributed by atoms with Crippen molar-refractivity contribution in [3.63, 3.8) is 0 Å². The van der Waals surface area contributed by atoms with E-state index in [9.17, 15) is 0 Å². The minimum atomic E-state index is 0.787. The topological polar surface area (TPSA) is 53.6 Å². The second-order valence-electron chi connectivity index (χ2n) is 2.77. The van der Waals surface area contributed by atoms with Crippen LogP contribution in [-0.2, 0) is 0 Å². The van der Waals surface area contributed by atoms with Crippen LogP contribution in [0.3, 0.4) is 0 Å². The van der Waals surface area contributed by atoms with Crippen molar-refractivity contribution >= 4 is 11.8 Å². The fourth-order valence-corrected chi connectivity index (χ4v) is 1.60. The number of nitrogens with zero attached hydrogens (tertiary/aromatic N) is 2. The lowest BCUT2D eigenvalue weighted by Gasteiger charge is -2.00. The number of aromatic amines is 1. The number of likely N-dealkylation sites (N-methyl/N-ethyl adjacent to an activating group) is 1. The third-order valence-corrected chi connectivity index (χ3v) is 2.40. The predicted octanol–water partition coefficient (Wildman–Crippen LogP) is 0.981. The first-order valence-electron chi connectivity index (χ1n) is 4.05. The van der Waals surface area contributed by atoms with E-state index in [1.54, 1.807) is 11.8 Å². The summed E-state index contributed by atoms with van der Waals surface area (Å²) in [5.74, 6) is 1.71. The van der Waals surface area contributed by atoms with Gasteiger partial charge < -0.3 is 5.32 Å². The van der Waals surface area contributed by atoms with E-state index in [1.165, 1.54) is 0 Å². The number of aromatic nitrogens is 3. The summed E-state index contributed by atoms with van der Waals surface area (Å²) in [4.78, 5) is 4.18. The van der Waals surface area contributed by atoms with E-state index in [2.05, 4.69) is 27.1 Å². The largest absolute Gasteiger partial charge is 0.316 e. The predicted molar refractivity (Wildman–Crippen MR) is 54.9 cm³/mol. The standard InChI is InChI=1S/C8H14N4S/c1-6(4-9-3)5-13-8-10-7(2)11-12-8/h9H,1,4-5H2,2-3H3,(H,10,11,12). The summed E-state index contributed by atoms with van der Waals surface area (Å²) in [7, 11) is 1.91. The van der Waals surface area contributed by atoms with E-state index >= 15 is 0 Å². The first-order valence-corrected chi connectivity index (χ1v) is 5.04. The fraction of sp³-hybridized carbons (Fsp3) is 0.500. The average molecular weight is 198 g/mol. The second kappa shape index (κ2) is 5.04. The maximum Gasteiger partial charge on any atom is 0.208 e. The zero-order valence-electron chi connectivity index (χ0n) is 7.92. The van der Waals surface area contributed by atoms with Crippen LogP contribution < -0.4 is 5.32 Å². The molecule has 1 heterocycles. The fourth-order valence-electron chi connectivity index (χ4n) is 0.854. The van der Waals surface area contributed by atoms with Crippen molar-refractivity contribution in [3.8, 4) is 0 Å². The first kappa shape index (κ1) is 10.3. The van der Waals surface area contributed by atoms with Crippen LogP contribution in [0.2, 0.25) is 0 Å². The Morgan fingerprint density at radius 2 is 2.46 bits per heavy atom. The molecule has 0 saturated carbocycles. The van der Waals surface area contributed by atoms with E-state index in [1.807, 2.05) is 14.0 Å². The third kappa shape index (κ3) is 3.61. The van der Waals surface area contributed by atoms with E-state index in [0.29, 0.717) is 0 Å². The highest BCUT2D eigenvalue weighted by atomic mass is 32.2. The van der Waals surface area contributed by atoms with Crippen LogP contribution in [0.25, 0.3) is 0 Å². The van der Waals surface area contributed by atoms with Gasteiger partial charge in [0.2, 0.25) is 5.16 Å². The molecule has 1 aromatic rings. The molecule has 0 fully saturated rings.